The van der Waals surface area contributed by atoms with Crippen LogP contribution in [0, 0.1) is 5.92 Å². The summed E-state index contributed by atoms with van der Waals surface area (Å²) in [5.74, 6) is -0.0110. The van der Waals surface area contributed by atoms with Crippen molar-refractivity contribution in [1.82, 2.24) is 14.8 Å². The number of urea groups is 1. The first-order valence-electron chi connectivity index (χ1n) is 9.75. The number of nitrogens with zero attached hydrogens (tertiary/aromatic N) is 3. The van der Waals surface area contributed by atoms with E-state index in [0.29, 0.717) is 24.2 Å². The number of carbonyl (C=O) groups excluding carboxylic acids is 3. The lowest BCUT2D eigenvalue weighted by Gasteiger charge is -2.34. The van der Waals surface area contributed by atoms with E-state index in [4.69, 9.17) is 0 Å². The molecular formula is C20H28N4O3. The van der Waals surface area contributed by atoms with Crippen LogP contribution in [0.15, 0.2) is 29.4 Å². The molecule has 0 bridgehead atoms. The van der Waals surface area contributed by atoms with Crippen LogP contribution in [0.25, 0.3) is 0 Å². The summed E-state index contributed by atoms with van der Waals surface area (Å²) in [6.07, 6.45) is 5.85. The third-order valence-electron chi connectivity index (χ3n) is 5.57. The van der Waals surface area contributed by atoms with Crippen LogP contribution < -0.4 is 10.8 Å². The molecule has 1 saturated heterocycles. The average Bonchev–Trinajstić information content (AvgIpc) is 2.86. The third kappa shape index (κ3) is 3.82. The molecular weight excluding hydrogens is 344 g/mol. The summed E-state index contributed by atoms with van der Waals surface area (Å²) in [6.45, 7) is 5.73. The largest absolute Gasteiger partial charge is 0.325 e. The summed E-state index contributed by atoms with van der Waals surface area (Å²) in [5, 5.41) is 2.87. The van der Waals surface area contributed by atoms with Crippen molar-refractivity contribution in [3.63, 3.8) is 0 Å². The Morgan fingerprint density at radius 1 is 1.30 bits per heavy atom. The van der Waals surface area contributed by atoms with Gasteiger partial charge in [0, 0.05) is 12.2 Å². The van der Waals surface area contributed by atoms with E-state index >= 15 is 0 Å². The molecule has 0 unspecified atom stereocenters. The highest BCUT2D eigenvalue weighted by atomic mass is 16.2. The maximum atomic E-state index is 13.0. The molecule has 2 aliphatic rings. The number of hydrogen-bond donors (Lipinski definition) is 1. The minimum atomic E-state index is -0.824. The van der Waals surface area contributed by atoms with Crippen LogP contribution in [0.2, 0.25) is 0 Å². The van der Waals surface area contributed by atoms with Gasteiger partial charge in [0.25, 0.3) is 11.8 Å². The van der Waals surface area contributed by atoms with Gasteiger partial charge < -0.3 is 5.32 Å². The summed E-state index contributed by atoms with van der Waals surface area (Å²) in [6, 6.07) is 4.84. The van der Waals surface area contributed by atoms with Crippen LogP contribution in [0.5, 0.6) is 0 Å². The first kappa shape index (κ1) is 19.3. The molecule has 1 aliphatic carbocycles. The Morgan fingerprint density at radius 3 is 2.63 bits per heavy atom. The van der Waals surface area contributed by atoms with Gasteiger partial charge in [-0.05, 0) is 57.6 Å². The standard InChI is InChI=1S/C20H28N4O3/c1-4-15-8-10-20(11-9-15)18(26)24(19(27)22-20)13-17(25)23-12-6-5-7-16(23)21-14(2)3/h5-7,12,14-15H,4,8-11,13H2,1-3H3,(H,22,27). The van der Waals surface area contributed by atoms with Crippen molar-refractivity contribution in [3.8, 4) is 0 Å². The number of rotatable bonds is 4. The number of amides is 3. The topological polar surface area (TPSA) is 83.8 Å². The van der Waals surface area contributed by atoms with Gasteiger partial charge >= 0.3 is 6.03 Å². The Labute approximate surface area is 159 Å². The quantitative estimate of drug-likeness (QED) is 0.824. The molecule has 0 radical (unpaired) electrons. The molecule has 1 spiro atoms. The van der Waals surface area contributed by atoms with Gasteiger partial charge in [0.2, 0.25) is 0 Å². The Bertz CT molecular complexity index is 803. The molecule has 7 heteroatoms. The van der Waals surface area contributed by atoms with E-state index in [1.165, 1.54) is 4.57 Å². The molecule has 1 N–H and O–H groups in total. The second kappa shape index (κ2) is 7.66. The number of aromatic nitrogens is 1. The first-order valence-corrected chi connectivity index (χ1v) is 9.75. The monoisotopic (exact) mass is 372 g/mol. The fraction of sp³-hybridized carbons (Fsp3) is 0.600. The van der Waals surface area contributed by atoms with Gasteiger partial charge in [0.15, 0.2) is 0 Å². The van der Waals surface area contributed by atoms with E-state index in [9.17, 15) is 14.4 Å². The van der Waals surface area contributed by atoms with Gasteiger partial charge in [0.1, 0.15) is 17.6 Å². The molecule has 27 heavy (non-hydrogen) atoms. The molecule has 1 aromatic heterocycles. The van der Waals surface area contributed by atoms with Gasteiger partial charge in [-0.3, -0.25) is 24.0 Å². The Hall–Kier alpha value is -2.44. The van der Waals surface area contributed by atoms with Crippen LogP contribution in [0.1, 0.15) is 57.7 Å². The first-order chi connectivity index (χ1) is 12.9. The summed E-state index contributed by atoms with van der Waals surface area (Å²) in [5.41, 5.74) is -0.307. The SMILES string of the molecule is CCC1CCC2(CC1)NC(=O)N(CC(=O)n1ccccc1=NC(C)C)C2=O. The van der Waals surface area contributed by atoms with Gasteiger partial charge in [-0.25, -0.2) is 4.79 Å². The number of hydrogen-bond acceptors (Lipinski definition) is 4. The predicted molar refractivity (Wildman–Crippen MR) is 101 cm³/mol. The average molecular weight is 372 g/mol. The van der Waals surface area contributed by atoms with Crippen LogP contribution in [0.4, 0.5) is 4.79 Å². The highest BCUT2D eigenvalue weighted by Crippen LogP contribution is 2.37. The second-order valence-corrected chi connectivity index (χ2v) is 7.80. The normalized spacial score (nSPS) is 26.1. The fourth-order valence-corrected chi connectivity index (χ4v) is 3.96. The lowest BCUT2D eigenvalue weighted by atomic mass is 9.75. The van der Waals surface area contributed by atoms with E-state index in [-0.39, 0.29) is 24.4 Å². The minimum Gasteiger partial charge on any atom is -0.323 e. The third-order valence-corrected chi connectivity index (χ3v) is 5.57. The van der Waals surface area contributed by atoms with Crippen molar-refractivity contribution in [3.05, 3.63) is 29.9 Å². The van der Waals surface area contributed by atoms with Gasteiger partial charge in [0.05, 0.1) is 0 Å². The maximum Gasteiger partial charge on any atom is 0.325 e. The molecule has 3 rings (SSSR count). The molecule has 0 atom stereocenters. The summed E-state index contributed by atoms with van der Waals surface area (Å²) >= 11 is 0. The van der Waals surface area contributed by atoms with Crippen LogP contribution in [-0.4, -0.2) is 45.4 Å². The van der Waals surface area contributed by atoms with Crippen LogP contribution >= 0.6 is 0 Å². The molecule has 7 nitrogen and oxygen atoms in total. The molecule has 3 amide bonds. The number of nitrogens with one attached hydrogen (secondary N) is 1. The van der Waals surface area contributed by atoms with Gasteiger partial charge in [-0.15, -0.1) is 0 Å². The minimum absolute atomic E-state index is 0.0280. The van der Waals surface area contributed by atoms with E-state index in [1.54, 1.807) is 24.4 Å². The van der Waals surface area contributed by atoms with Crippen molar-refractivity contribution in [1.29, 1.82) is 0 Å². The number of pyridine rings is 1. The zero-order valence-corrected chi connectivity index (χ0v) is 16.3. The smallest absolute Gasteiger partial charge is 0.323 e. The van der Waals surface area contributed by atoms with E-state index < -0.39 is 11.6 Å². The van der Waals surface area contributed by atoms with Crippen LogP contribution in [-0.2, 0) is 4.79 Å². The van der Waals surface area contributed by atoms with Crippen molar-refractivity contribution < 1.29 is 14.4 Å². The zero-order chi connectivity index (χ0) is 19.6. The molecule has 146 valence electrons. The van der Waals surface area contributed by atoms with Crippen LogP contribution in [0.3, 0.4) is 0 Å². The predicted octanol–water partition coefficient (Wildman–Crippen LogP) is 2.33. The molecule has 1 aromatic rings. The molecule has 2 fully saturated rings. The van der Waals surface area contributed by atoms with Crippen molar-refractivity contribution in [2.24, 2.45) is 10.9 Å². The van der Waals surface area contributed by atoms with E-state index in [0.717, 1.165) is 24.2 Å². The Balaban J connectivity index is 1.78. The van der Waals surface area contributed by atoms with Crippen molar-refractivity contribution in [2.45, 2.75) is 64.5 Å². The lowest BCUT2D eigenvalue weighted by molar-refractivity contribution is -0.132. The molecule has 1 aliphatic heterocycles. The number of carbonyl (C=O) groups is 3. The van der Waals surface area contributed by atoms with E-state index in [2.05, 4.69) is 17.2 Å². The van der Waals surface area contributed by atoms with Crippen molar-refractivity contribution >= 4 is 17.8 Å². The highest BCUT2D eigenvalue weighted by Gasteiger charge is 2.52. The molecule has 1 saturated carbocycles. The summed E-state index contributed by atoms with van der Waals surface area (Å²) in [4.78, 5) is 43.7. The lowest BCUT2D eigenvalue weighted by Crippen LogP contribution is -2.50. The fourth-order valence-electron chi connectivity index (χ4n) is 3.96. The molecule has 0 aromatic carbocycles. The summed E-state index contributed by atoms with van der Waals surface area (Å²) < 4.78 is 1.40. The summed E-state index contributed by atoms with van der Waals surface area (Å²) in [7, 11) is 0. The zero-order valence-electron chi connectivity index (χ0n) is 16.3. The Kier molecular flexibility index (Phi) is 5.48. The highest BCUT2D eigenvalue weighted by molar-refractivity contribution is 6.09. The second-order valence-electron chi connectivity index (χ2n) is 7.80. The Morgan fingerprint density at radius 2 is 2.00 bits per heavy atom. The van der Waals surface area contributed by atoms with E-state index in [1.807, 2.05) is 13.8 Å². The van der Waals surface area contributed by atoms with Crippen molar-refractivity contribution in [2.75, 3.05) is 6.54 Å². The maximum absolute atomic E-state index is 13.0. The van der Waals surface area contributed by atoms with Gasteiger partial charge in [-0.2, -0.15) is 0 Å². The number of imide groups is 1. The molecule has 2 heterocycles. The van der Waals surface area contributed by atoms with Gasteiger partial charge in [-0.1, -0.05) is 19.4 Å².